The summed E-state index contributed by atoms with van der Waals surface area (Å²) in [5.41, 5.74) is 6.48. The van der Waals surface area contributed by atoms with Crippen molar-refractivity contribution < 1.29 is 14.3 Å². The Labute approximate surface area is 167 Å². The van der Waals surface area contributed by atoms with Crippen molar-refractivity contribution in [3.8, 4) is 5.75 Å². The Balaban J connectivity index is 1.38. The fourth-order valence-electron chi connectivity index (χ4n) is 3.01. The Kier molecular flexibility index (Phi) is 6.75. The molecule has 2 aromatic rings. The zero-order valence-corrected chi connectivity index (χ0v) is 16.5. The third kappa shape index (κ3) is 5.38. The van der Waals surface area contributed by atoms with Crippen molar-refractivity contribution in [2.75, 3.05) is 31.7 Å². The van der Waals surface area contributed by atoms with E-state index < -0.39 is 0 Å². The number of rotatable bonds is 7. The Morgan fingerprint density at radius 2 is 2.04 bits per heavy atom. The van der Waals surface area contributed by atoms with Gasteiger partial charge in [0.15, 0.2) is 0 Å². The summed E-state index contributed by atoms with van der Waals surface area (Å²) in [5, 5.41) is 9.87. The van der Waals surface area contributed by atoms with Gasteiger partial charge in [0.2, 0.25) is 22.9 Å². The predicted octanol–water partition coefficient (Wildman–Crippen LogP) is 1.04. The molecule has 1 fully saturated rings. The first-order valence-electron chi connectivity index (χ1n) is 9.04. The second-order valence-corrected chi connectivity index (χ2v) is 7.46. The third-order valence-electron chi connectivity index (χ3n) is 4.65. The summed E-state index contributed by atoms with van der Waals surface area (Å²) < 4.78 is 5.13. The first-order chi connectivity index (χ1) is 13.5. The van der Waals surface area contributed by atoms with E-state index in [0.29, 0.717) is 37.6 Å². The minimum Gasteiger partial charge on any atom is -0.497 e. The van der Waals surface area contributed by atoms with Crippen molar-refractivity contribution in [1.82, 2.24) is 25.4 Å². The van der Waals surface area contributed by atoms with Crippen LogP contribution in [-0.2, 0) is 16.1 Å². The second-order valence-electron chi connectivity index (χ2n) is 6.51. The summed E-state index contributed by atoms with van der Waals surface area (Å²) >= 11 is 1.25. The molecule has 0 spiro atoms. The average Bonchev–Trinajstić information content (AvgIpc) is 3.16. The van der Waals surface area contributed by atoms with Crippen LogP contribution in [0.25, 0.3) is 0 Å². The lowest BCUT2D eigenvalue weighted by atomic mass is 9.96. The van der Waals surface area contributed by atoms with Gasteiger partial charge in [0.1, 0.15) is 5.75 Å². The fraction of sp³-hybridized carbons (Fsp3) is 0.444. The number of aromatic amines is 1. The number of anilines is 1. The van der Waals surface area contributed by atoms with Gasteiger partial charge in [-0.25, -0.2) is 5.10 Å². The number of nitrogens with zero attached hydrogens (tertiary/aromatic N) is 3. The summed E-state index contributed by atoms with van der Waals surface area (Å²) in [5.74, 6) is 1.26. The average molecular weight is 404 g/mol. The van der Waals surface area contributed by atoms with E-state index in [1.807, 2.05) is 24.3 Å². The standard InChI is InChI=1S/C18H24N6O3S/c1-27-14-4-2-12(3-5-14)10-20-16(26)13-6-8-24(9-7-13)15(25)11-28-18-21-17(19)22-23-18/h2-5,13H,6-11H2,1H3,(H,20,26)(H3,19,21,22,23). The fourth-order valence-corrected chi connectivity index (χ4v) is 3.72. The maximum absolute atomic E-state index is 12.4. The van der Waals surface area contributed by atoms with Crippen LogP contribution >= 0.6 is 11.8 Å². The SMILES string of the molecule is COc1ccc(CNC(=O)C2CCN(C(=O)CSc3n[nH]c(N)n3)CC2)cc1. The van der Waals surface area contributed by atoms with Crippen molar-refractivity contribution in [3.05, 3.63) is 29.8 Å². The molecule has 0 bridgehead atoms. The lowest BCUT2D eigenvalue weighted by Crippen LogP contribution is -2.43. The third-order valence-corrected chi connectivity index (χ3v) is 5.48. The highest BCUT2D eigenvalue weighted by Gasteiger charge is 2.27. The molecule has 1 aromatic carbocycles. The molecule has 4 N–H and O–H groups in total. The molecule has 1 saturated heterocycles. The van der Waals surface area contributed by atoms with E-state index >= 15 is 0 Å². The van der Waals surface area contributed by atoms with Gasteiger partial charge in [-0.05, 0) is 30.5 Å². The highest BCUT2D eigenvalue weighted by Crippen LogP contribution is 2.20. The molecule has 0 atom stereocenters. The van der Waals surface area contributed by atoms with Crippen LogP contribution in [0, 0.1) is 5.92 Å². The van der Waals surface area contributed by atoms with Crippen LogP contribution in [0.1, 0.15) is 18.4 Å². The molecule has 0 radical (unpaired) electrons. The van der Waals surface area contributed by atoms with Gasteiger partial charge in [0, 0.05) is 25.6 Å². The number of nitrogens with two attached hydrogens (primary N) is 1. The van der Waals surface area contributed by atoms with Crippen LogP contribution < -0.4 is 15.8 Å². The first-order valence-corrected chi connectivity index (χ1v) is 10.0. The quantitative estimate of drug-likeness (QED) is 0.589. The number of carbonyl (C=O) groups is 2. The number of thioether (sulfide) groups is 1. The number of hydrogen-bond acceptors (Lipinski definition) is 7. The zero-order valence-electron chi connectivity index (χ0n) is 15.7. The van der Waals surface area contributed by atoms with E-state index in [-0.39, 0.29) is 29.4 Å². The molecule has 150 valence electrons. The van der Waals surface area contributed by atoms with Crippen LogP contribution in [0.15, 0.2) is 29.4 Å². The summed E-state index contributed by atoms with van der Waals surface area (Å²) in [4.78, 5) is 30.5. The van der Waals surface area contributed by atoms with E-state index in [9.17, 15) is 9.59 Å². The molecule has 2 heterocycles. The van der Waals surface area contributed by atoms with Crippen LogP contribution in [0.4, 0.5) is 5.95 Å². The van der Waals surface area contributed by atoms with Gasteiger partial charge in [-0.15, -0.1) is 5.10 Å². The number of aromatic nitrogens is 3. The minimum absolute atomic E-state index is 0.0189. The second kappa shape index (κ2) is 9.45. The Morgan fingerprint density at radius 3 is 2.64 bits per heavy atom. The molecule has 2 amide bonds. The number of hydrogen-bond donors (Lipinski definition) is 3. The van der Waals surface area contributed by atoms with Gasteiger partial charge in [0.05, 0.1) is 12.9 Å². The number of methoxy groups -OCH3 is 1. The molecule has 3 rings (SSSR count). The van der Waals surface area contributed by atoms with Crippen molar-refractivity contribution >= 4 is 29.5 Å². The molecule has 10 heteroatoms. The number of nitrogens with one attached hydrogen (secondary N) is 2. The monoisotopic (exact) mass is 404 g/mol. The number of piperidine rings is 1. The lowest BCUT2D eigenvalue weighted by Gasteiger charge is -2.31. The van der Waals surface area contributed by atoms with Crippen molar-refractivity contribution in [2.45, 2.75) is 24.5 Å². The molecule has 1 aromatic heterocycles. The van der Waals surface area contributed by atoms with Gasteiger partial charge in [-0.2, -0.15) is 4.98 Å². The van der Waals surface area contributed by atoms with Gasteiger partial charge in [-0.3, -0.25) is 9.59 Å². The highest BCUT2D eigenvalue weighted by molar-refractivity contribution is 7.99. The molecular formula is C18H24N6O3S. The van der Waals surface area contributed by atoms with Crippen LogP contribution in [0.2, 0.25) is 0 Å². The maximum Gasteiger partial charge on any atom is 0.233 e. The molecule has 1 aliphatic heterocycles. The number of carbonyl (C=O) groups excluding carboxylic acids is 2. The van der Waals surface area contributed by atoms with E-state index in [4.69, 9.17) is 10.5 Å². The number of H-pyrrole nitrogens is 1. The molecular weight excluding hydrogens is 380 g/mol. The smallest absolute Gasteiger partial charge is 0.233 e. The van der Waals surface area contributed by atoms with Gasteiger partial charge < -0.3 is 20.7 Å². The summed E-state index contributed by atoms with van der Waals surface area (Å²) in [6, 6.07) is 7.60. The summed E-state index contributed by atoms with van der Waals surface area (Å²) in [7, 11) is 1.62. The minimum atomic E-state index is -0.0669. The first kappa shape index (κ1) is 20.0. The lowest BCUT2D eigenvalue weighted by molar-refractivity contribution is -0.133. The van der Waals surface area contributed by atoms with Crippen LogP contribution in [-0.4, -0.2) is 57.8 Å². The van der Waals surface area contributed by atoms with Gasteiger partial charge in [0.25, 0.3) is 0 Å². The predicted molar refractivity (Wildman–Crippen MR) is 106 cm³/mol. The van der Waals surface area contributed by atoms with Crippen LogP contribution in [0.5, 0.6) is 5.75 Å². The van der Waals surface area contributed by atoms with Gasteiger partial charge in [-0.1, -0.05) is 23.9 Å². The van der Waals surface area contributed by atoms with Crippen molar-refractivity contribution in [2.24, 2.45) is 5.92 Å². The van der Waals surface area contributed by atoms with Crippen molar-refractivity contribution in [3.63, 3.8) is 0 Å². The number of benzene rings is 1. The molecule has 28 heavy (non-hydrogen) atoms. The van der Waals surface area contributed by atoms with Crippen molar-refractivity contribution in [1.29, 1.82) is 0 Å². The molecule has 9 nitrogen and oxygen atoms in total. The highest BCUT2D eigenvalue weighted by atomic mass is 32.2. The van der Waals surface area contributed by atoms with E-state index in [2.05, 4.69) is 20.5 Å². The van der Waals surface area contributed by atoms with Gasteiger partial charge >= 0.3 is 0 Å². The van der Waals surface area contributed by atoms with E-state index in [1.54, 1.807) is 12.0 Å². The van der Waals surface area contributed by atoms with E-state index in [0.717, 1.165) is 11.3 Å². The number of ether oxygens (including phenoxy) is 1. The number of likely N-dealkylation sites (tertiary alicyclic amines) is 1. The summed E-state index contributed by atoms with van der Waals surface area (Å²) in [6.07, 6.45) is 1.33. The molecule has 1 aliphatic rings. The number of nitrogen functional groups attached to an aromatic ring is 1. The largest absolute Gasteiger partial charge is 0.497 e. The molecule has 0 unspecified atom stereocenters. The zero-order chi connectivity index (χ0) is 19.9. The Bertz CT molecular complexity index is 802. The van der Waals surface area contributed by atoms with Crippen LogP contribution in [0.3, 0.4) is 0 Å². The molecule has 0 aliphatic carbocycles. The normalized spacial score (nSPS) is 14.7. The van der Waals surface area contributed by atoms with E-state index in [1.165, 1.54) is 11.8 Å². The summed E-state index contributed by atoms with van der Waals surface area (Å²) in [6.45, 7) is 1.64. The number of amides is 2. The maximum atomic E-state index is 12.4. The Morgan fingerprint density at radius 1 is 1.32 bits per heavy atom. The topological polar surface area (TPSA) is 126 Å². The molecule has 0 saturated carbocycles. The Hall–Kier alpha value is -2.75.